The molecule has 2 fully saturated rings. The summed E-state index contributed by atoms with van der Waals surface area (Å²) >= 11 is 0. The minimum Gasteiger partial charge on any atom is -0.380 e. The van der Waals surface area contributed by atoms with Crippen molar-refractivity contribution in [1.29, 1.82) is 0 Å². The predicted octanol–water partition coefficient (Wildman–Crippen LogP) is 2.41. The second-order valence-electron chi connectivity index (χ2n) is 5.80. The molecular formula is C15H30N2O. The van der Waals surface area contributed by atoms with Crippen LogP contribution in [0.4, 0.5) is 0 Å². The van der Waals surface area contributed by atoms with Gasteiger partial charge in [0.2, 0.25) is 0 Å². The first-order valence-corrected chi connectivity index (χ1v) is 7.98. The average molecular weight is 254 g/mol. The van der Waals surface area contributed by atoms with E-state index < -0.39 is 0 Å². The van der Waals surface area contributed by atoms with E-state index in [2.05, 4.69) is 10.2 Å². The molecular weight excluding hydrogens is 224 g/mol. The normalized spacial score (nSPS) is 20.7. The van der Waals surface area contributed by atoms with Gasteiger partial charge in [0, 0.05) is 19.2 Å². The number of rotatable bonds is 11. The van der Waals surface area contributed by atoms with Crippen LogP contribution in [0.1, 0.15) is 51.4 Å². The molecule has 0 unspecified atom stereocenters. The highest BCUT2D eigenvalue weighted by Crippen LogP contribution is 2.18. The first-order valence-electron chi connectivity index (χ1n) is 7.98. The largest absolute Gasteiger partial charge is 0.380 e. The summed E-state index contributed by atoms with van der Waals surface area (Å²) in [5.74, 6) is 0. The minimum atomic E-state index is 0.874. The quantitative estimate of drug-likeness (QED) is 0.573. The van der Waals surface area contributed by atoms with E-state index >= 15 is 0 Å². The van der Waals surface area contributed by atoms with Gasteiger partial charge in [-0.2, -0.15) is 0 Å². The Morgan fingerprint density at radius 1 is 0.944 bits per heavy atom. The van der Waals surface area contributed by atoms with Crippen LogP contribution in [0, 0.1) is 0 Å². The van der Waals surface area contributed by atoms with Crippen molar-refractivity contribution in [2.75, 3.05) is 39.4 Å². The van der Waals surface area contributed by atoms with E-state index in [1.165, 1.54) is 71.0 Å². The second kappa shape index (κ2) is 8.89. The van der Waals surface area contributed by atoms with E-state index in [9.17, 15) is 0 Å². The maximum absolute atomic E-state index is 5.69. The van der Waals surface area contributed by atoms with Crippen molar-refractivity contribution in [3.8, 4) is 0 Å². The van der Waals surface area contributed by atoms with Crippen LogP contribution in [0.5, 0.6) is 0 Å². The summed E-state index contributed by atoms with van der Waals surface area (Å²) in [5, 5.41) is 3.56. The maximum atomic E-state index is 5.69. The number of nitrogens with one attached hydrogen (secondary N) is 1. The van der Waals surface area contributed by atoms with Crippen LogP contribution < -0.4 is 5.32 Å². The number of nitrogens with zero attached hydrogens (tertiary/aromatic N) is 1. The zero-order chi connectivity index (χ0) is 12.5. The SMILES string of the molecule is C(CCCOCCN1CCCC1)CCNC1CC1. The smallest absolute Gasteiger partial charge is 0.0593 e. The lowest BCUT2D eigenvalue weighted by Crippen LogP contribution is -2.24. The molecule has 106 valence electrons. The summed E-state index contributed by atoms with van der Waals surface area (Å²) in [4.78, 5) is 2.52. The Morgan fingerprint density at radius 2 is 1.72 bits per heavy atom. The van der Waals surface area contributed by atoms with Crippen molar-refractivity contribution >= 4 is 0 Å². The summed E-state index contributed by atoms with van der Waals surface area (Å²) in [6, 6.07) is 0.874. The predicted molar refractivity (Wildman–Crippen MR) is 76.0 cm³/mol. The Morgan fingerprint density at radius 3 is 2.50 bits per heavy atom. The van der Waals surface area contributed by atoms with Gasteiger partial charge in [-0.3, -0.25) is 0 Å². The van der Waals surface area contributed by atoms with Gasteiger partial charge in [-0.25, -0.2) is 0 Å². The standard InChI is InChI=1S/C15H30N2O/c1(3-9-16-15-7-8-15)2-6-13-18-14-12-17-10-4-5-11-17/h15-16H,1-14H2. The molecule has 3 nitrogen and oxygen atoms in total. The fraction of sp³-hybridized carbons (Fsp3) is 1.00. The molecule has 0 bridgehead atoms. The van der Waals surface area contributed by atoms with Crippen LogP contribution in [0.3, 0.4) is 0 Å². The number of hydrogen-bond acceptors (Lipinski definition) is 3. The molecule has 1 aliphatic heterocycles. The average Bonchev–Trinajstić information content (AvgIpc) is 3.06. The lowest BCUT2D eigenvalue weighted by atomic mass is 10.2. The van der Waals surface area contributed by atoms with Crippen LogP contribution >= 0.6 is 0 Å². The highest BCUT2D eigenvalue weighted by atomic mass is 16.5. The van der Waals surface area contributed by atoms with E-state index in [1.807, 2.05) is 0 Å². The first kappa shape index (κ1) is 14.3. The van der Waals surface area contributed by atoms with Crippen molar-refractivity contribution < 1.29 is 4.74 Å². The zero-order valence-electron chi connectivity index (χ0n) is 11.8. The van der Waals surface area contributed by atoms with E-state index in [4.69, 9.17) is 4.74 Å². The molecule has 2 aliphatic rings. The summed E-state index contributed by atoms with van der Waals surface area (Å²) in [5.41, 5.74) is 0. The van der Waals surface area contributed by atoms with Gasteiger partial charge in [-0.05, 0) is 58.2 Å². The minimum absolute atomic E-state index is 0.874. The highest BCUT2D eigenvalue weighted by molar-refractivity contribution is 4.80. The van der Waals surface area contributed by atoms with E-state index in [0.717, 1.165) is 25.8 Å². The summed E-state index contributed by atoms with van der Waals surface area (Å²) in [6.07, 6.45) is 10.8. The van der Waals surface area contributed by atoms with Crippen molar-refractivity contribution in [3.63, 3.8) is 0 Å². The fourth-order valence-corrected chi connectivity index (χ4v) is 2.58. The molecule has 1 heterocycles. The maximum Gasteiger partial charge on any atom is 0.0593 e. The molecule has 0 amide bonds. The van der Waals surface area contributed by atoms with Crippen LogP contribution in [0.15, 0.2) is 0 Å². The molecule has 1 aliphatic carbocycles. The lowest BCUT2D eigenvalue weighted by Gasteiger charge is -2.14. The summed E-state index contributed by atoms with van der Waals surface area (Å²) in [6.45, 7) is 6.84. The Labute approximate surface area is 112 Å². The van der Waals surface area contributed by atoms with Gasteiger partial charge >= 0.3 is 0 Å². The van der Waals surface area contributed by atoms with Crippen LogP contribution in [-0.4, -0.2) is 50.3 Å². The van der Waals surface area contributed by atoms with Gasteiger partial charge in [-0.1, -0.05) is 12.8 Å². The van der Waals surface area contributed by atoms with E-state index in [1.54, 1.807) is 0 Å². The first-order chi connectivity index (χ1) is 8.95. The molecule has 3 heteroatoms. The molecule has 0 aromatic rings. The second-order valence-corrected chi connectivity index (χ2v) is 5.80. The third kappa shape index (κ3) is 6.72. The number of hydrogen-bond donors (Lipinski definition) is 1. The Hall–Kier alpha value is -0.120. The third-order valence-electron chi connectivity index (χ3n) is 3.98. The Balaban J connectivity index is 1.25. The Kier molecular flexibility index (Phi) is 7.06. The number of unbranched alkanes of at least 4 members (excludes halogenated alkanes) is 3. The van der Waals surface area contributed by atoms with Crippen LogP contribution in [-0.2, 0) is 4.74 Å². The molecule has 18 heavy (non-hydrogen) atoms. The van der Waals surface area contributed by atoms with Crippen LogP contribution in [0.2, 0.25) is 0 Å². The topological polar surface area (TPSA) is 24.5 Å². The monoisotopic (exact) mass is 254 g/mol. The van der Waals surface area contributed by atoms with E-state index in [0.29, 0.717) is 0 Å². The van der Waals surface area contributed by atoms with E-state index in [-0.39, 0.29) is 0 Å². The molecule has 0 aromatic carbocycles. The molecule has 1 saturated carbocycles. The molecule has 1 saturated heterocycles. The lowest BCUT2D eigenvalue weighted by molar-refractivity contribution is 0.108. The molecule has 0 atom stereocenters. The number of likely N-dealkylation sites (tertiary alicyclic amines) is 1. The third-order valence-corrected chi connectivity index (χ3v) is 3.98. The van der Waals surface area contributed by atoms with Crippen molar-refractivity contribution in [2.45, 2.75) is 57.4 Å². The Bertz CT molecular complexity index is 201. The van der Waals surface area contributed by atoms with Gasteiger partial charge < -0.3 is 15.0 Å². The summed E-state index contributed by atoms with van der Waals surface area (Å²) < 4.78 is 5.69. The van der Waals surface area contributed by atoms with Crippen molar-refractivity contribution in [3.05, 3.63) is 0 Å². The van der Waals surface area contributed by atoms with Crippen LogP contribution in [0.25, 0.3) is 0 Å². The molecule has 0 aromatic heterocycles. The molecule has 0 radical (unpaired) electrons. The van der Waals surface area contributed by atoms with Gasteiger partial charge in [0.15, 0.2) is 0 Å². The van der Waals surface area contributed by atoms with Gasteiger partial charge in [0.05, 0.1) is 6.61 Å². The van der Waals surface area contributed by atoms with Gasteiger partial charge in [-0.15, -0.1) is 0 Å². The zero-order valence-corrected chi connectivity index (χ0v) is 11.8. The van der Waals surface area contributed by atoms with Crippen molar-refractivity contribution in [2.24, 2.45) is 0 Å². The summed E-state index contributed by atoms with van der Waals surface area (Å²) in [7, 11) is 0. The highest BCUT2D eigenvalue weighted by Gasteiger charge is 2.19. The van der Waals surface area contributed by atoms with Gasteiger partial charge in [0.1, 0.15) is 0 Å². The fourth-order valence-electron chi connectivity index (χ4n) is 2.58. The molecule has 0 spiro atoms. The van der Waals surface area contributed by atoms with Crippen molar-refractivity contribution in [1.82, 2.24) is 10.2 Å². The number of ether oxygens (including phenoxy) is 1. The van der Waals surface area contributed by atoms with Gasteiger partial charge in [0.25, 0.3) is 0 Å². The molecule has 2 rings (SSSR count). The molecule has 1 N–H and O–H groups in total.